The van der Waals surface area contributed by atoms with E-state index in [1.54, 1.807) is 14.0 Å². The van der Waals surface area contributed by atoms with Crippen LogP contribution in [0.25, 0.3) is 10.9 Å². The summed E-state index contributed by atoms with van der Waals surface area (Å²) < 4.78 is 10.2. The van der Waals surface area contributed by atoms with Crippen LogP contribution in [0.1, 0.15) is 23.1 Å². The Balaban J connectivity index is 1.89. The van der Waals surface area contributed by atoms with Gasteiger partial charge in [0.25, 0.3) is 0 Å². The number of fused-ring (bicyclic) bond motifs is 1. The average Bonchev–Trinajstić information content (AvgIpc) is 2.66. The molecule has 3 aromatic rings. The van der Waals surface area contributed by atoms with Gasteiger partial charge in [-0.1, -0.05) is 24.3 Å². The molecule has 0 saturated carbocycles. The van der Waals surface area contributed by atoms with Crippen LogP contribution in [0.15, 0.2) is 48.5 Å². The maximum atomic E-state index is 12.0. The van der Waals surface area contributed by atoms with Crippen LogP contribution in [-0.2, 0) is 11.3 Å². The molecule has 0 atom stereocenters. The molecule has 0 unspecified atom stereocenters. The largest absolute Gasteiger partial charge is 0.497 e. The Labute approximate surface area is 145 Å². The first-order valence-electron chi connectivity index (χ1n) is 8.02. The maximum absolute atomic E-state index is 12.0. The van der Waals surface area contributed by atoms with E-state index in [9.17, 15) is 4.79 Å². The smallest absolute Gasteiger partial charge is 0.376 e. The molecule has 25 heavy (non-hydrogen) atoms. The Kier molecular flexibility index (Phi) is 5.09. The molecule has 0 bridgehead atoms. The van der Waals surface area contributed by atoms with Gasteiger partial charge in [0.2, 0.25) is 5.82 Å². The lowest BCUT2D eigenvalue weighted by molar-refractivity contribution is 0.0512. The van der Waals surface area contributed by atoms with Gasteiger partial charge < -0.3 is 14.8 Å². The standard InChI is InChI=1S/C19H19N3O3/c1-3-25-19(23)18-21-16-7-5-4-6-15(16)17(22-18)20-12-13-8-10-14(24-2)11-9-13/h4-11H,3,12H2,1-2H3,(H,20,21,22). The Morgan fingerprint density at radius 3 is 2.56 bits per heavy atom. The van der Waals surface area contributed by atoms with E-state index >= 15 is 0 Å². The predicted molar refractivity (Wildman–Crippen MR) is 95.8 cm³/mol. The van der Waals surface area contributed by atoms with Gasteiger partial charge in [-0.05, 0) is 36.8 Å². The van der Waals surface area contributed by atoms with Crippen molar-refractivity contribution < 1.29 is 14.3 Å². The van der Waals surface area contributed by atoms with Crippen LogP contribution in [-0.4, -0.2) is 29.7 Å². The first-order valence-corrected chi connectivity index (χ1v) is 8.02. The van der Waals surface area contributed by atoms with Gasteiger partial charge in [0.15, 0.2) is 0 Å². The van der Waals surface area contributed by atoms with Gasteiger partial charge in [-0.3, -0.25) is 0 Å². The zero-order chi connectivity index (χ0) is 17.6. The minimum absolute atomic E-state index is 0.0535. The molecule has 0 fully saturated rings. The third-order valence-electron chi connectivity index (χ3n) is 3.68. The molecule has 2 aromatic carbocycles. The summed E-state index contributed by atoms with van der Waals surface area (Å²) in [5.74, 6) is 0.934. The van der Waals surface area contributed by atoms with Gasteiger partial charge >= 0.3 is 5.97 Å². The SMILES string of the molecule is CCOC(=O)c1nc(NCc2ccc(OC)cc2)c2ccccc2n1. The van der Waals surface area contributed by atoms with Gasteiger partial charge in [0, 0.05) is 11.9 Å². The number of methoxy groups -OCH3 is 1. The second kappa shape index (κ2) is 7.61. The number of nitrogens with zero attached hydrogens (tertiary/aromatic N) is 2. The monoisotopic (exact) mass is 337 g/mol. The number of anilines is 1. The van der Waals surface area contributed by atoms with Crippen molar-refractivity contribution >= 4 is 22.7 Å². The van der Waals surface area contributed by atoms with Crippen LogP contribution in [0.5, 0.6) is 5.75 Å². The lowest BCUT2D eigenvalue weighted by Gasteiger charge is -2.11. The molecular formula is C19H19N3O3. The van der Waals surface area contributed by atoms with Crippen molar-refractivity contribution in [2.45, 2.75) is 13.5 Å². The summed E-state index contributed by atoms with van der Waals surface area (Å²) in [5.41, 5.74) is 1.76. The van der Waals surface area contributed by atoms with Crippen molar-refractivity contribution in [2.75, 3.05) is 19.0 Å². The minimum Gasteiger partial charge on any atom is -0.497 e. The number of hydrogen-bond acceptors (Lipinski definition) is 6. The zero-order valence-corrected chi connectivity index (χ0v) is 14.2. The lowest BCUT2D eigenvalue weighted by atomic mass is 10.2. The molecular weight excluding hydrogens is 318 g/mol. The van der Waals surface area contributed by atoms with E-state index in [-0.39, 0.29) is 12.4 Å². The molecule has 0 spiro atoms. The van der Waals surface area contributed by atoms with E-state index in [0.29, 0.717) is 17.9 Å². The number of nitrogens with one attached hydrogen (secondary N) is 1. The molecule has 6 heteroatoms. The number of ether oxygens (including phenoxy) is 2. The highest BCUT2D eigenvalue weighted by Gasteiger charge is 2.14. The van der Waals surface area contributed by atoms with Crippen LogP contribution < -0.4 is 10.1 Å². The number of esters is 1. The van der Waals surface area contributed by atoms with Gasteiger partial charge in [0.1, 0.15) is 11.6 Å². The predicted octanol–water partition coefficient (Wildman–Crippen LogP) is 3.43. The fourth-order valence-corrected chi connectivity index (χ4v) is 2.43. The topological polar surface area (TPSA) is 73.3 Å². The summed E-state index contributed by atoms with van der Waals surface area (Å²) >= 11 is 0. The first kappa shape index (κ1) is 16.7. The van der Waals surface area contributed by atoms with E-state index in [1.165, 1.54) is 0 Å². The third kappa shape index (κ3) is 3.85. The molecule has 0 aliphatic rings. The van der Waals surface area contributed by atoms with Crippen LogP contribution in [0.2, 0.25) is 0 Å². The zero-order valence-electron chi connectivity index (χ0n) is 14.2. The number of hydrogen-bond donors (Lipinski definition) is 1. The molecule has 0 aliphatic carbocycles. The van der Waals surface area contributed by atoms with Crippen molar-refractivity contribution in [1.82, 2.24) is 9.97 Å². The van der Waals surface area contributed by atoms with Crippen LogP contribution >= 0.6 is 0 Å². The summed E-state index contributed by atoms with van der Waals surface area (Å²) in [7, 11) is 1.64. The molecule has 1 aromatic heterocycles. The average molecular weight is 337 g/mol. The van der Waals surface area contributed by atoms with Gasteiger partial charge in [-0.2, -0.15) is 0 Å². The summed E-state index contributed by atoms with van der Waals surface area (Å²) in [5, 5.41) is 4.13. The van der Waals surface area contributed by atoms with E-state index in [2.05, 4.69) is 15.3 Å². The number of para-hydroxylation sites is 1. The molecule has 1 heterocycles. The van der Waals surface area contributed by atoms with E-state index < -0.39 is 5.97 Å². The fraction of sp³-hybridized carbons (Fsp3) is 0.211. The molecule has 128 valence electrons. The van der Waals surface area contributed by atoms with Gasteiger partial charge in [-0.25, -0.2) is 14.8 Å². The highest BCUT2D eigenvalue weighted by molar-refractivity contribution is 5.94. The van der Waals surface area contributed by atoms with Crippen molar-refractivity contribution in [3.05, 3.63) is 59.9 Å². The molecule has 0 saturated heterocycles. The highest BCUT2D eigenvalue weighted by Crippen LogP contribution is 2.21. The van der Waals surface area contributed by atoms with Crippen molar-refractivity contribution in [3.8, 4) is 5.75 Å². The van der Waals surface area contributed by atoms with Crippen LogP contribution in [0.3, 0.4) is 0 Å². The Hall–Kier alpha value is -3.15. The molecule has 6 nitrogen and oxygen atoms in total. The van der Waals surface area contributed by atoms with Crippen LogP contribution in [0, 0.1) is 0 Å². The molecule has 3 rings (SSSR count). The van der Waals surface area contributed by atoms with Gasteiger partial charge in [0.05, 0.1) is 19.2 Å². The second-order valence-corrected chi connectivity index (χ2v) is 5.34. The molecule has 0 radical (unpaired) electrons. The Bertz CT molecular complexity index is 879. The molecule has 0 aliphatic heterocycles. The van der Waals surface area contributed by atoms with E-state index in [0.717, 1.165) is 16.7 Å². The first-order chi connectivity index (χ1) is 12.2. The van der Waals surface area contributed by atoms with E-state index in [1.807, 2.05) is 48.5 Å². The number of carbonyl (C=O) groups is 1. The maximum Gasteiger partial charge on any atom is 0.376 e. The fourth-order valence-electron chi connectivity index (χ4n) is 2.43. The normalized spacial score (nSPS) is 10.5. The van der Waals surface area contributed by atoms with Crippen molar-refractivity contribution in [2.24, 2.45) is 0 Å². The summed E-state index contributed by atoms with van der Waals surface area (Å²) in [6.07, 6.45) is 0. The lowest BCUT2D eigenvalue weighted by Crippen LogP contribution is -2.12. The van der Waals surface area contributed by atoms with Gasteiger partial charge in [-0.15, -0.1) is 0 Å². The number of carbonyl (C=O) groups excluding carboxylic acids is 1. The van der Waals surface area contributed by atoms with Crippen molar-refractivity contribution in [1.29, 1.82) is 0 Å². The third-order valence-corrected chi connectivity index (χ3v) is 3.68. The number of rotatable bonds is 6. The summed E-state index contributed by atoms with van der Waals surface area (Å²) in [6.45, 7) is 2.60. The summed E-state index contributed by atoms with van der Waals surface area (Å²) in [6, 6.07) is 15.3. The number of aromatic nitrogens is 2. The van der Waals surface area contributed by atoms with Crippen molar-refractivity contribution in [3.63, 3.8) is 0 Å². The van der Waals surface area contributed by atoms with Crippen LogP contribution in [0.4, 0.5) is 5.82 Å². The summed E-state index contributed by atoms with van der Waals surface area (Å²) in [4.78, 5) is 20.6. The minimum atomic E-state index is -0.527. The molecule has 1 N–H and O–H groups in total. The quantitative estimate of drug-likeness (QED) is 0.695. The Morgan fingerprint density at radius 2 is 1.84 bits per heavy atom. The Morgan fingerprint density at radius 1 is 1.08 bits per heavy atom. The van der Waals surface area contributed by atoms with E-state index in [4.69, 9.17) is 9.47 Å². The second-order valence-electron chi connectivity index (χ2n) is 5.34. The number of benzene rings is 2. The molecule has 0 amide bonds. The highest BCUT2D eigenvalue weighted by atomic mass is 16.5.